The van der Waals surface area contributed by atoms with E-state index in [0.29, 0.717) is 5.56 Å². The molecule has 0 aromatic heterocycles. The van der Waals surface area contributed by atoms with Crippen molar-refractivity contribution >= 4 is 5.78 Å². The van der Waals surface area contributed by atoms with Crippen molar-refractivity contribution in [1.29, 1.82) is 0 Å². The van der Waals surface area contributed by atoms with Crippen LogP contribution in [0.2, 0.25) is 0 Å². The minimum absolute atomic E-state index is 0.0592. The maximum atomic E-state index is 13.0. The highest BCUT2D eigenvalue weighted by atomic mass is 16.8. The molecule has 2 aromatic rings. The number of aliphatic hydroxyl groups excluding tert-OH is 6. The maximum absolute atomic E-state index is 13.0. The number of fused-ring (bicyclic) bond motifs is 1. The number of hydrogen-bond donors (Lipinski definition) is 8. The van der Waals surface area contributed by atoms with Gasteiger partial charge in [0.2, 0.25) is 6.29 Å². The van der Waals surface area contributed by atoms with Gasteiger partial charge in [0.25, 0.3) is 0 Å². The second kappa shape index (κ2) is 12.4. The van der Waals surface area contributed by atoms with Gasteiger partial charge >= 0.3 is 0 Å². The third kappa shape index (κ3) is 5.95. The van der Waals surface area contributed by atoms with E-state index in [1.54, 1.807) is 6.07 Å². The second-order valence-electron chi connectivity index (χ2n) is 10.6. The van der Waals surface area contributed by atoms with E-state index in [-0.39, 0.29) is 35.0 Å². The van der Waals surface area contributed by atoms with Crippen LogP contribution in [0.4, 0.5) is 0 Å². The fourth-order valence-electron chi connectivity index (χ4n) is 5.29. The van der Waals surface area contributed by atoms with Crippen LogP contribution in [0.1, 0.15) is 35.4 Å². The van der Waals surface area contributed by atoms with Crippen LogP contribution in [0, 0.1) is 0 Å². The first-order valence-electron chi connectivity index (χ1n) is 13.5. The van der Waals surface area contributed by atoms with E-state index in [1.165, 1.54) is 32.2 Å². The van der Waals surface area contributed by atoms with E-state index in [9.17, 15) is 45.6 Å². The highest BCUT2D eigenvalue weighted by Gasteiger charge is 2.51. The monoisotopic (exact) mass is 610 g/mol. The number of rotatable bonds is 7. The molecule has 0 radical (unpaired) electrons. The van der Waals surface area contributed by atoms with Gasteiger partial charge in [0.15, 0.2) is 29.7 Å². The molecule has 0 bridgehead atoms. The topological polar surface area (TPSA) is 234 Å². The lowest BCUT2D eigenvalue weighted by atomic mass is 9.95. The molecule has 0 amide bonds. The summed E-state index contributed by atoms with van der Waals surface area (Å²) in [7, 11) is 1.39. The highest BCUT2D eigenvalue weighted by Crippen LogP contribution is 2.43. The molecule has 3 aliphatic rings. The Morgan fingerprint density at radius 1 is 0.884 bits per heavy atom. The third-order valence-electron chi connectivity index (χ3n) is 7.72. The number of phenols is 2. The Labute approximate surface area is 245 Å². The van der Waals surface area contributed by atoms with E-state index >= 15 is 0 Å². The molecular formula is C28H34O15. The number of ketones is 1. The summed E-state index contributed by atoms with van der Waals surface area (Å²) >= 11 is 0. The van der Waals surface area contributed by atoms with Gasteiger partial charge in [0.05, 0.1) is 26.2 Å². The number of aliphatic hydroxyl groups is 6. The van der Waals surface area contributed by atoms with Crippen LogP contribution < -0.4 is 14.2 Å². The Balaban J connectivity index is 1.41. The lowest BCUT2D eigenvalue weighted by molar-refractivity contribution is -0.354. The number of aromatic hydroxyl groups is 2. The van der Waals surface area contributed by atoms with Crippen LogP contribution in [0.5, 0.6) is 28.7 Å². The van der Waals surface area contributed by atoms with Crippen LogP contribution in [0.3, 0.4) is 0 Å². The van der Waals surface area contributed by atoms with Gasteiger partial charge in [-0.25, -0.2) is 0 Å². The lowest BCUT2D eigenvalue weighted by Crippen LogP contribution is -2.64. The Morgan fingerprint density at radius 3 is 2.30 bits per heavy atom. The largest absolute Gasteiger partial charge is 0.507 e. The predicted octanol–water partition coefficient (Wildman–Crippen LogP) is -1.16. The van der Waals surface area contributed by atoms with Crippen molar-refractivity contribution in [2.75, 3.05) is 13.7 Å². The molecule has 2 fully saturated rings. The van der Waals surface area contributed by atoms with Crippen molar-refractivity contribution in [3.05, 3.63) is 41.5 Å². The molecule has 236 valence electrons. The Morgan fingerprint density at radius 2 is 1.63 bits per heavy atom. The molecule has 3 heterocycles. The van der Waals surface area contributed by atoms with E-state index in [4.69, 9.17) is 28.4 Å². The molecule has 2 unspecified atom stereocenters. The zero-order chi connectivity index (χ0) is 31.2. The minimum atomic E-state index is -1.76. The first kappa shape index (κ1) is 31.2. The number of carbonyl (C=O) groups excluding carboxylic acids is 1. The molecule has 2 saturated heterocycles. The second-order valence-corrected chi connectivity index (χ2v) is 10.6. The molecule has 15 nitrogen and oxygen atoms in total. The Bertz CT molecular complexity index is 1320. The minimum Gasteiger partial charge on any atom is -0.507 e. The number of hydrogen-bond acceptors (Lipinski definition) is 15. The summed E-state index contributed by atoms with van der Waals surface area (Å²) < 4.78 is 33.7. The van der Waals surface area contributed by atoms with Crippen LogP contribution in [0.25, 0.3) is 0 Å². The fourth-order valence-corrected chi connectivity index (χ4v) is 5.29. The molecule has 8 N–H and O–H groups in total. The van der Waals surface area contributed by atoms with Crippen molar-refractivity contribution in [3.63, 3.8) is 0 Å². The fraction of sp³-hybridized carbons (Fsp3) is 0.536. The van der Waals surface area contributed by atoms with E-state index in [0.717, 1.165) is 6.07 Å². The highest BCUT2D eigenvalue weighted by molar-refractivity contribution is 6.02. The molecule has 0 saturated carbocycles. The van der Waals surface area contributed by atoms with Crippen molar-refractivity contribution in [2.45, 2.75) is 80.9 Å². The summed E-state index contributed by atoms with van der Waals surface area (Å²) in [6, 6.07) is 6.89. The molecule has 5 rings (SSSR count). The molecule has 43 heavy (non-hydrogen) atoms. The first-order chi connectivity index (χ1) is 20.4. The molecule has 3 aliphatic heterocycles. The van der Waals surface area contributed by atoms with Gasteiger partial charge in [0, 0.05) is 12.1 Å². The van der Waals surface area contributed by atoms with Crippen molar-refractivity contribution in [3.8, 4) is 28.7 Å². The smallest absolute Gasteiger partial charge is 0.229 e. The van der Waals surface area contributed by atoms with E-state index in [2.05, 4.69) is 0 Å². The SMILES string of the molecule is COc1ccc(C2CC(=O)c3c(O)cc(OC4O[C@H](CO)[C@@H](O)[C@H](O)[C@H]4O[C@@H]4O[C@@H](C)[C@H](O)[C@@H](O)[C@H]4O)cc3O2)cc1O. The summed E-state index contributed by atoms with van der Waals surface area (Å²) in [5, 5.41) is 82.4. The van der Waals surface area contributed by atoms with Gasteiger partial charge in [0.1, 0.15) is 65.5 Å². The van der Waals surface area contributed by atoms with Crippen molar-refractivity contribution < 1.29 is 74.1 Å². The van der Waals surface area contributed by atoms with Gasteiger partial charge < -0.3 is 69.3 Å². The van der Waals surface area contributed by atoms with Crippen LogP contribution in [0.15, 0.2) is 30.3 Å². The standard InChI is InChI=1S/C28H34O15/c1-10-21(33)23(35)25(37)27(39-10)43-26-24(36)22(34)19(9-29)42-28(26)40-12-6-14(31)20-15(32)8-17(41-18(20)7-12)11-3-4-16(38-2)13(30)5-11/h3-7,10,17,19,21-31,33-37H,8-9H2,1-2H3/t10-,17?,19+,21-,22+,23+,24-,25+,26+,27-,28?/m0/s1. The zero-order valence-electron chi connectivity index (χ0n) is 23.1. The number of phenolic OH excluding ortho intramolecular Hbond substituents is 2. The number of benzene rings is 2. The number of methoxy groups -OCH3 is 1. The lowest BCUT2D eigenvalue weighted by Gasteiger charge is -2.45. The predicted molar refractivity (Wildman–Crippen MR) is 141 cm³/mol. The summed E-state index contributed by atoms with van der Waals surface area (Å²) in [4.78, 5) is 13.0. The number of carbonyl (C=O) groups is 1. The third-order valence-corrected chi connectivity index (χ3v) is 7.72. The zero-order valence-corrected chi connectivity index (χ0v) is 23.1. The van der Waals surface area contributed by atoms with Gasteiger partial charge in [-0.3, -0.25) is 4.79 Å². The summed E-state index contributed by atoms with van der Waals surface area (Å²) in [5.74, 6) is -1.06. The van der Waals surface area contributed by atoms with Crippen molar-refractivity contribution in [2.24, 2.45) is 0 Å². The average Bonchev–Trinajstić information content (AvgIpc) is 2.97. The summed E-state index contributed by atoms with van der Waals surface area (Å²) in [5.41, 5.74) is 0.352. The molecule has 15 heteroatoms. The van der Waals surface area contributed by atoms with E-state index in [1.807, 2.05) is 0 Å². The summed E-state index contributed by atoms with van der Waals surface area (Å²) in [6.07, 6.45) is -16.3. The van der Waals surface area contributed by atoms with Crippen molar-refractivity contribution in [1.82, 2.24) is 0 Å². The maximum Gasteiger partial charge on any atom is 0.229 e. The average molecular weight is 611 g/mol. The quantitative estimate of drug-likeness (QED) is 0.185. The first-order valence-corrected chi connectivity index (χ1v) is 13.5. The van der Waals surface area contributed by atoms with Gasteiger partial charge in [-0.15, -0.1) is 0 Å². The van der Waals surface area contributed by atoms with Gasteiger partial charge in [-0.05, 0) is 24.6 Å². The van der Waals surface area contributed by atoms with E-state index < -0.39 is 85.7 Å². The molecule has 2 aromatic carbocycles. The number of Topliss-reactive ketones (excluding diaryl/α,β-unsaturated/α-hetero) is 1. The molecule has 0 aliphatic carbocycles. The molecule has 0 spiro atoms. The molecule has 11 atom stereocenters. The van der Waals surface area contributed by atoms with Gasteiger partial charge in [-0.1, -0.05) is 6.07 Å². The van der Waals surface area contributed by atoms with Crippen LogP contribution in [-0.2, 0) is 14.2 Å². The summed E-state index contributed by atoms with van der Waals surface area (Å²) in [6.45, 7) is 0.699. The Kier molecular flexibility index (Phi) is 8.99. The van der Waals surface area contributed by atoms with Crippen LogP contribution in [-0.4, -0.2) is 122 Å². The number of ether oxygens (including phenoxy) is 6. The Hall–Kier alpha value is -3.25. The van der Waals surface area contributed by atoms with Crippen LogP contribution >= 0.6 is 0 Å². The normalized spacial score (nSPS) is 36.0. The molecular weight excluding hydrogens is 576 g/mol. The van der Waals surface area contributed by atoms with Gasteiger partial charge in [-0.2, -0.15) is 0 Å².